The van der Waals surface area contributed by atoms with Gasteiger partial charge in [0.2, 0.25) is 0 Å². The smallest absolute Gasteiger partial charge is 0.310 e. The average Bonchev–Trinajstić information content (AvgIpc) is 2.18. The Kier molecular flexibility index (Phi) is 4.54. The van der Waals surface area contributed by atoms with Crippen molar-refractivity contribution in [2.75, 3.05) is 32.8 Å². The normalized spacial score (nSPS) is 27.9. The summed E-state index contributed by atoms with van der Waals surface area (Å²) >= 11 is 0. The van der Waals surface area contributed by atoms with Crippen LogP contribution in [0.5, 0.6) is 0 Å². The molecule has 4 nitrogen and oxygen atoms in total. The van der Waals surface area contributed by atoms with E-state index < -0.39 is 11.4 Å². The number of rotatable bonds is 5. The number of ether oxygens (including phenoxy) is 1. The highest BCUT2D eigenvalue weighted by Gasteiger charge is 2.37. The molecule has 0 saturated carbocycles. The van der Waals surface area contributed by atoms with Gasteiger partial charge in [-0.25, -0.2) is 0 Å². The van der Waals surface area contributed by atoms with Gasteiger partial charge in [-0.3, -0.25) is 9.69 Å². The van der Waals surface area contributed by atoms with Gasteiger partial charge in [0.05, 0.1) is 12.0 Å². The standard InChI is InChI=1S/C11H21NO3/c1-3-15-8-7-12-6-4-5-11(2,9-12)10(13)14/h3-9H2,1-2H3,(H,13,14). The first-order valence-corrected chi connectivity index (χ1v) is 5.62. The van der Waals surface area contributed by atoms with Gasteiger partial charge in [-0.2, -0.15) is 0 Å². The van der Waals surface area contributed by atoms with Gasteiger partial charge in [0, 0.05) is 19.7 Å². The molecule has 4 heteroatoms. The zero-order chi connectivity index (χ0) is 11.3. The molecular weight excluding hydrogens is 194 g/mol. The maximum atomic E-state index is 11.1. The number of carbonyl (C=O) groups is 1. The Morgan fingerprint density at radius 3 is 2.93 bits per heavy atom. The highest BCUT2D eigenvalue weighted by Crippen LogP contribution is 2.29. The molecule has 1 fully saturated rings. The molecule has 1 unspecified atom stereocenters. The molecule has 1 saturated heterocycles. The molecule has 0 radical (unpaired) electrons. The Bertz CT molecular complexity index is 220. The van der Waals surface area contributed by atoms with Crippen LogP contribution in [0.2, 0.25) is 0 Å². The van der Waals surface area contributed by atoms with Crippen LogP contribution in [0.15, 0.2) is 0 Å². The molecule has 0 aromatic heterocycles. The number of carboxylic acid groups (broad SMARTS) is 1. The zero-order valence-electron chi connectivity index (χ0n) is 9.66. The zero-order valence-corrected chi connectivity index (χ0v) is 9.66. The van der Waals surface area contributed by atoms with Crippen molar-refractivity contribution >= 4 is 5.97 Å². The van der Waals surface area contributed by atoms with E-state index in [9.17, 15) is 4.79 Å². The van der Waals surface area contributed by atoms with Crippen LogP contribution in [0, 0.1) is 5.41 Å². The Labute approximate surface area is 91.2 Å². The summed E-state index contributed by atoms with van der Waals surface area (Å²) in [7, 11) is 0. The summed E-state index contributed by atoms with van der Waals surface area (Å²) in [6.07, 6.45) is 1.75. The van der Waals surface area contributed by atoms with Crippen LogP contribution in [-0.2, 0) is 9.53 Å². The molecule has 15 heavy (non-hydrogen) atoms. The maximum Gasteiger partial charge on any atom is 0.310 e. The minimum atomic E-state index is -0.677. The lowest BCUT2D eigenvalue weighted by Crippen LogP contribution is -2.46. The van der Waals surface area contributed by atoms with Crippen LogP contribution in [0.25, 0.3) is 0 Å². The summed E-state index contributed by atoms with van der Waals surface area (Å²) < 4.78 is 5.28. The van der Waals surface area contributed by atoms with Crippen LogP contribution in [0.3, 0.4) is 0 Å². The maximum absolute atomic E-state index is 11.1. The molecule has 0 aromatic carbocycles. The highest BCUT2D eigenvalue weighted by molar-refractivity contribution is 5.74. The molecule has 0 spiro atoms. The van der Waals surface area contributed by atoms with Crippen molar-refractivity contribution in [1.29, 1.82) is 0 Å². The third kappa shape index (κ3) is 3.47. The van der Waals surface area contributed by atoms with E-state index in [1.54, 1.807) is 0 Å². The van der Waals surface area contributed by atoms with Crippen molar-refractivity contribution in [3.05, 3.63) is 0 Å². The van der Waals surface area contributed by atoms with Crippen LogP contribution < -0.4 is 0 Å². The van der Waals surface area contributed by atoms with Gasteiger partial charge in [-0.1, -0.05) is 0 Å². The van der Waals surface area contributed by atoms with E-state index in [4.69, 9.17) is 9.84 Å². The van der Waals surface area contributed by atoms with Gasteiger partial charge in [0.15, 0.2) is 0 Å². The highest BCUT2D eigenvalue weighted by atomic mass is 16.5. The Morgan fingerprint density at radius 2 is 2.33 bits per heavy atom. The molecule has 0 aliphatic carbocycles. The van der Waals surface area contributed by atoms with Gasteiger partial charge in [0.25, 0.3) is 0 Å². The van der Waals surface area contributed by atoms with Crippen molar-refractivity contribution < 1.29 is 14.6 Å². The number of hydrogen-bond donors (Lipinski definition) is 1. The number of hydrogen-bond acceptors (Lipinski definition) is 3. The molecule has 0 amide bonds. The summed E-state index contributed by atoms with van der Waals surface area (Å²) in [5, 5.41) is 9.13. The molecule has 88 valence electrons. The van der Waals surface area contributed by atoms with Gasteiger partial charge in [0.1, 0.15) is 0 Å². The summed E-state index contributed by atoms with van der Waals surface area (Å²) in [5.74, 6) is -0.677. The van der Waals surface area contributed by atoms with Crippen molar-refractivity contribution in [1.82, 2.24) is 4.90 Å². The third-order valence-electron chi connectivity index (χ3n) is 3.05. The molecule has 1 atom stereocenters. The van der Waals surface area contributed by atoms with E-state index in [2.05, 4.69) is 4.90 Å². The lowest BCUT2D eigenvalue weighted by atomic mass is 9.82. The van der Waals surface area contributed by atoms with Crippen LogP contribution in [-0.4, -0.2) is 48.8 Å². The summed E-state index contributed by atoms with van der Waals surface area (Å²) in [6, 6.07) is 0. The second-order valence-electron chi connectivity index (χ2n) is 4.44. The van der Waals surface area contributed by atoms with Gasteiger partial charge in [-0.15, -0.1) is 0 Å². The number of nitrogens with zero attached hydrogens (tertiary/aromatic N) is 1. The minimum Gasteiger partial charge on any atom is -0.481 e. The fraction of sp³-hybridized carbons (Fsp3) is 0.909. The fourth-order valence-electron chi connectivity index (χ4n) is 2.05. The second-order valence-corrected chi connectivity index (χ2v) is 4.44. The quantitative estimate of drug-likeness (QED) is 0.700. The first-order chi connectivity index (χ1) is 7.08. The molecule has 1 aliphatic heterocycles. The molecule has 1 N–H and O–H groups in total. The van der Waals surface area contributed by atoms with E-state index in [-0.39, 0.29) is 0 Å². The van der Waals surface area contributed by atoms with Crippen LogP contribution in [0.4, 0.5) is 0 Å². The first kappa shape index (κ1) is 12.5. The molecular formula is C11H21NO3. The van der Waals surface area contributed by atoms with Crippen LogP contribution >= 0.6 is 0 Å². The van der Waals surface area contributed by atoms with Gasteiger partial charge in [-0.05, 0) is 33.2 Å². The monoisotopic (exact) mass is 215 g/mol. The van der Waals surface area contributed by atoms with Gasteiger partial charge >= 0.3 is 5.97 Å². The largest absolute Gasteiger partial charge is 0.481 e. The lowest BCUT2D eigenvalue weighted by molar-refractivity contribution is -0.151. The van der Waals surface area contributed by atoms with E-state index in [1.165, 1.54) is 0 Å². The summed E-state index contributed by atoms with van der Waals surface area (Å²) in [5.41, 5.74) is -0.565. The third-order valence-corrected chi connectivity index (χ3v) is 3.05. The van der Waals surface area contributed by atoms with Crippen LogP contribution in [0.1, 0.15) is 26.7 Å². The number of likely N-dealkylation sites (tertiary alicyclic amines) is 1. The Balaban J connectivity index is 2.38. The number of carboxylic acids is 1. The van der Waals surface area contributed by atoms with Crippen molar-refractivity contribution in [2.24, 2.45) is 5.41 Å². The molecule has 1 heterocycles. The van der Waals surface area contributed by atoms with Crippen molar-refractivity contribution in [2.45, 2.75) is 26.7 Å². The average molecular weight is 215 g/mol. The summed E-state index contributed by atoms with van der Waals surface area (Å²) in [6.45, 7) is 7.72. The van der Waals surface area contributed by atoms with E-state index in [0.29, 0.717) is 13.2 Å². The SMILES string of the molecule is CCOCCN1CCCC(C)(C(=O)O)C1. The lowest BCUT2D eigenvalue weighted by Gasteiger charge is -2.37. The summed E-state index contributed by atoms with van der Waals surface area (Å²) in [4.78, 5) is 13.3. The fourth-order valence-corrected chi connectivity index (χ4v) is 2.05. The van der Waals surface area contributed by atoms with Gasteiger partial charge < -0.3 is 9.84 Å². The van der Waals surface area contributed by atoms with Crippen molar-refractivity contribution in [3.8, 4) is 0 Å². The predicted octanol–water partition coefficient (Wildman–Crippen LogP) is 1.21. The number of piperidine rings is 1. The van der Waals surface area contributed by atoms with E-state index in [1.807, 2.05) is 13.8 Å². The first-order valence-electron chi connectivity index (χ1n) is 5.62. The molecule has 1 aliphatic rings. The second kappa shape index (κ2) is 5.47. The Hall–Kier alpha value is -0.610. The number of aliphatic carboxylic acids is 1. The van der Waals surface area contributed by atoms with E-state index in [0.717, 1.165) is 32.5 Å². The van der Waals surface area contributed by atoms with E-state index >= 15 is 0 Å². The molecule has 1 rings (SSSR count). The molecule has 0 aromatic rings. The minimum absolute atomic E-state index is 0.565. The van der Waals surface area contributed by atoms with Crippen molar-refractivity contribution in [3.63, 3.8) is 0 Å². The Morgan fingerprint density at radius 1 is 1.60 bits per heavy atom. The predicted molar refractivity (Wildman–Crippen MR) is 57.9 cm³/mol. The molecule has 0 bridgehead atoms. The topological polar surface area (TPSA) is 49.8 Å².